The molecule has 3 nitrogen and oxygen atoms in total. The van der Waals surface area contributed by atoms with Gasteiger partial charge in [0.25, 0.3) is 0 Å². The van der Waals surface area contributed by atoms with Crippen molar-refractivity contribution >= 4 is 62.8 Å². The molecule has 7 aromatic rings. The van der Waals surface area contributed by atoms with Gasteiger partial charge in [-0.1, -0.05) is 169 Å². The van der Waals surface area contributed by atoms with Gasteiger partial charge in [0.1, 0.15) is 11.3 Å². The zero-order chi connectivity index (χ0) is 40.9. The first-order chi connectivity index (χ1) is 29.4. The molecular weight excluding hydrogens is 774 g/mol. The molecule has 7 aromatic carbocycles. The molecule has 5 heteroatoms. The Balaban J connectivity index is 1.40. The maximum atomic E-state index is 6.95. The predicted molar refractivity (Wildman–Crippen MR) is 256 cm³/mol. The molecule has 0 saturated heterocycles. The van der Waals surface area contributed by atoms with Gasteiger partial charge >= 0.3 is 0 Å². The molecular formula is C55H45Cl2N3. The van der Waals surface area contributed by atoms with Crippen LogP contribution in [0.5, 0.6) is 0 Å². The third-order valence-electron chi connectivity index (χ3n) is 11.5. The first-order valence-electron chi connectivity index (χ1n) is 20.4. The van der Waals surface area contributed by atoms with Gasteiger partial charge in [-0.05, 0) is 120 Å². The van der Waals surface area contributed by atoms with E-state index >= 15 is 0 Å². The summed E-state index contributed by atoms with van der Waals surface area (Å²) in [5, 5.41) is 1.33. The Hall–Kier alpha value is -6.52. The second-order valence-electron chi connectivity index (χ2n) is 15.4. The van der Waals surface area contributed by atoms with E-state index in [1.807, 2.05) is 24.3 Å². The maximum absolute atomic E-state index is 6.95. The summed E-state index contributed by atoms with van der Waals surface area (Å²) in [5.41, 5.74) is 9.14. The van der Waals surface area contributed by atoms with Crippen LogP contribution in [0.2, 0.25) is 10.0 Å². The molecule has 0 aliphatic heterocycles. The molecule has 0 amide bonds. The molecule has 2 atom stereocenters. The Morgan fingerprint density at radius 3 is 1.17 bits per heavy atom. The molecule has 2 unspecified atom stereocenters. The largest absolute Gasteiger partial charge is 0.317 e. The van der Waals surface area contributed by atoms with E-state index in [4.69, 9.17) is 23.2 Å². The van der Waals surface area contributed by atoms with Crippen molar-refractivity contribution in [2.75, 3.05) is 14.7 Å². The van der Waals surface area contributed by atoms with Crippen molar-refractivity contribution in [3.63, 3.8) is 0 Å². The highest BCUT2D eigenvalue weighted by Crippen LogP contribution is 2.53. The molecule has 0 heterocycles. The summed E-state index contributed by atoms with van der Waals surface area (Å²) in [5.74, 6) is 0. The van der Waals surface area contributed by atoms with E-state index in [0.717, 1.165) is 34.0 Å². The van der Waals surface area contributed by atoms with Crippen LogP contribution in [0.15, 0.2) is 231 Å². The SMILES string of the molecule is Cc1cccc(N(C2(N(c3ccccc3)c3cccc(Cl)c3)C=CC(c3ccccc3)=CC2)C2(N(c3ccccc3)c3cccc(Cl)c3)C=CC(c3ccccc3)=CC2)c1. The fraction of sp³-hybridized carbons (Fsp3) is 0.0909. The van der Waals surface area contributed by atoms with E-state index in [2.05, 4.69) is 228 Å². The topological polar surface area (TPSA) is 9.72 Å². The zero-order valence-corrected chi connectivity index (χ0v) is 35.0. The number of hydrogen-bond donors (Lipinski definition) is 0. The molecule has 0 radical (unpaired) electrons. The minimum atomic E-state index is -0.883. The summed E-state index contributed by atoms with van der Waals surface area (Å²) in [6.45, 7) is 2.17. The quantitative estimate of drug-likeness (QED) is 0.120. The summed E-state index contributed by atoms with van der Waals surface area (Å²) in [6, 6.07) is 68.1. The number of allylic oxidation sites excluding steroid dienone is 4. The predicted octanol–water partition coefficient (Wildman–Crippen LogP) is 15.3. The number of halogens is 2. The van der Waals surface area contributed by atoms with Crippen molar-refractivity contribution in [3.05, 3.63) is 257 Å². The van der Waals surface area contributed by atoms with Gasteiger partial charge in [0.05, 0.1) is 0 Å². The van der Waals surface area contributed by atoms with Gasteiger partial charge < -0.3 is 14.7 Å². The molecule has 2 aliphatic carbocycles. The van der Waals surface area contributed by atoms with Crippen molar-refractivity contribution < 1.29 is 0 Å². The first kappa shape index (κ1) is 39.0. The second-order valence-corrected chi connectivity index (χ2v) is 16.2. The van der Waals surface area contributed by atoms with Crippen LogP contribution in [0, 0.1) is 6.92 Å². The van der Waals surface area contributed by atoms with Crippen molar-refractivity contribution in [2.45, 2.75) is 31.1 Å². The van der Waals surface area contributed by atoms with Gasteiger partial charge in [0.15, 0.2) is 0 Å². The Morgan fingerprint density at radius 2 is 0.783 bits per heavy atom. The maximum Gasteiger partial charge on any atom is 0.142 e. The molecule has 9 rings (SSSR count). The lowest BCUT2D eigenvalue weighted by Gasteiger charge is -2.61. The third kappa shape index (κ3) is 7.59. The van der Waals surface area contributed by atoms with E-state index < -0.39 is 11.3 Å². The number of benzene rings is 7. The van der Waals surface area contributed by atoms with Crippen LogP contribution in [-0.2, 0) is 0 Å². The van der Waals surface area contributed by atoms with Crippen molar-refractivity contribution in [3.8, 4) is 0 Å². The molecule has 2 aliphatic rings. The van der Waals surface area contributed by atoms with E-state index in [0.29, 0.717) is 22.9 Å². The Morgan fingerprint density at radius 1 is 0.400 bits per heavy atom. The lowest BCUT2D eigenvalue weighted by atomic mass is 9.82. The second kappa shape index (κ2) is 17.0. The molecule has 0 bridgehead atoms. The lowest BCUT2D eigenvalue weighted by molar-refractivity contribution is 0.362. The summed E-state index contributed by atoms with van der Waals surface area (Å²) < 4.78 is 0. The molecule has 294 valence electrons. The smallest absolute Gasteiger partial charge is 0.142 e. The van der Waals surface area contributed by atoms with Crippen LogP contribution in [0.1, 0.15) is 29.5 Å². The molecule has 0 spiro atoms. The van der Waals surface area contributed by atoms with Crippen LogP contribution in [-0.4, -0.2) is 11.3 Å². The van der Waals surface area contributed by atoms with Crippen molar-refractivity contribution in [1.82, 2.24) is 0 Å². The fourth-order valence-electron chi connectivity index (χ4n) is 8.92. The van der Waals surface area contributed by atoms with Crippen LogP contribution in [0.25, 0.3) is 11.1 Å². The highest BCUT2D eigenvalue weighted by Gasteiger charge is 2.54. The van der Waals surface area contributed by atoms with Gasteiger partial charge in [-0.25, -0.2) is 0 Å². The number of hydrogen-bond acceptors (Lipinski definition) is 3. The Kier molecular flexibility index (Phi) is 11.0. The van der Waals surface area contributed by atoms with Crippen molar-refractivity contribution in [2.24, 2.45) is 0 Å². The third-order valence-corrected chi connectivity index (χ3v) is 12.0. The summed E-state index contributed by atoms with van der Waals surface area (Å²) in [6.07, 6.45) is 15.5. The summed E-state index contributed by atoms with van der Waals surface area (Å²) in [4.78, 5) is 7.60. The van der Waals surface area contributed by atoms with Crippen LogP contribution in [0.3, 0.4) is 0 Å². The van der Waals surface area contributed by atoms with E-state index in [1.54, 1.807) is 0 Å². The number of nitrogens with zero attached hydrogens (tertiary/aromatic N) is 3. The van der Waals surface area contributed by atoms with Gasteiger partial charge in [-0.3, -0.25) is 0 Å². The summed E-state index contributed by atoms with van der Waals surface area (Å²) in [7, 11) is 0. The molecule has 60 heavy (non-hydrogen) atoms. The van der Waals surface area contributed by atoms with Gasteiger partial charge in [-0.15, -0.1) is 0 Å². The standard InChI is InChI=1S/C55H45Cl2N3/c1-42-17-14-30-53(39-42)60(54(35-31-45(32-36-54)43-18-6-2-7-19-43)58(49-24-10-4-11-25-49)51-28-15-22-47(56)40-51)55(37-33-46(34-38-55)44-20-8-3-9-21-44)59(50-26-12-5-13-27-50)52-29-16-23-48(57)41-52/h2-35,37,39-41H,36,38H2,1H3. The monoisotopic (exact) mass is 817 g/mol. The van der Waals surface area contributed by atoms with Gasteiger partial charge in [-0.2, -0.15) is 0 Å². The number of rotatable bonds is 11. The Labute approximate surface area is 364 Å². The number of anilines is 5. The lowest BCUT2D eigenvalue weighted by Crippen LogP contribution is -2.71. The minimum absolute atomic E-state index is 0.617. The fourth-order valence-corrected chi connectivity index (χ4v) is 9.29. The number of aryl methyl sites for hydroxylation is 1. The molecule has 0 saturated carbocycles. The minimum Gasteiger partial charge on any atom is -0.317 e. The molecule has 0 fully saturated rings. The van der Waals surface area contributed by atoms with E-state index in [9.17, 15) is 0 Å². The normalized spacial score (nSPS) is 18.3. The van der Waals surface area contributed by atoms with E-state index in [-0.39, 0.29) is 0 Å². The highest BCUT2D eigenvalue weighted by atomic mass is 35.5. The van der Waals surface area contributed by atoms with E-state index in [1.165, 1.54) is 22.3 Å². The highest BCUT2D eigenvalue weighted by molar-refractivity contribution is 6.31. The van der Waals surface area contributed by atoms with Crippen molar-refractivity contribution in [1.29, 1.82) is 0 Å². The molecule has 0 N–H and O–H groups in total. The number of para-hydroxylation sites is 2. The zero-order valence-electron chi connectivity index (χ0n) is 33.5. The average molecular weight is 819 g/mol. The van der Waals surface area contributed by atoms with Gasteiger partial charge in [0.2, 0.25) is 0 Å². The van der Waals surface area contributed by atoms with Crippen LogP contribution < -0.4 is 14.7 Å². The van der Waals surface area contributed by atoms with Gasteiger partial charge in [0, 0.05) is 51.3 Å². The average Bonchev–Trinajstić information content (AvgIpc) is 3.29. The molecule has 0 aromatic heterocycles. The Bertz CT molecular complexity index is 2540. The van der Waals surface area contributed by atoms with Crippen LogP contribution in [0.4, 0.5) is 28.4 Å². The summed E-state index contributed by atoms with van der Waals surface area (Å²) >= 11 is 13.9. The van der Waals surface area contributed by atoms with Crippen LogP contribution >= 0.6 is 23.2 Å². The first-order valence-corrected chi connectivity index (χ1v) is 21.2.